The van der Waals surface area contributed by atoms with Crippen LogP contribution in [0.2, 0.25) is 0 Å². The molecule has 0 bridgehead atoms. The number of nitro groups is 1. The van der Waals surface area contributed by atoms with Crippen LogP contribution in [0.15, 0.2) is 23.1 Å². The Morgan fingerprint density at radius 2 is 1.89 bits per heavy atom. The van der Waals surface area contributed by atoms with E-state index in [2.05, 4.69) is 5.32 Å². The molecule has 0 amide bonds. The van der Waals surface area contributed by atoms with Gasteiger partial charge in [-0.1, -0.05) is 0 Å². The van der Waals surface area contributed by atoms with Crippen molar-refractivity contribution in [2.24, 2.45) is 5.14 Å². The maximum Gasteiger partial charge on any atom is 0.293 e. The molecule has 1 rings (SSSR count). The lowest BCUT2D eigenvalue weighted by molar-refractivity contribution is -0.384. The number of nitro benzene ring substituents is 1. The number of benzene rings is 1. The second-order valence-corrected chi connectivity index (χ2v) is 6.42. The van der Waals surface area contributed by atoms with E-state index in [1.54, 1.807) is 0 Å². The zero-order valence-electron chi connectivity index (χ0n) is 10.3. The van der Waals surface area contributed by atoms with Crippen LogP contribution in [-0.2, 0) is 10.0 Å². The Kier molecular flexibility index (Phi) is 3.63. The highest BCUT2D eigenvalue weighted by atomic mass is 32.2. The monoisotopic (exact) mass is 273 g/mol. The Labute approximate surface area is 105 Å². The predicted molar refractivity (Wildman–Crippen MR) is 67.8 cm³/mol. The molecule has 1 aromatic carbocycles. The van der Waals surface area contributed by atoms with E-state index in [0.717, 1.165) is 6.07 Å². The number of anilines is 1. The van der Waals surface area contributed by atoms with Crippen LogP contribution < -0.4 is 10.5 Å². The topological polar surface area (TPSA) is 115 Å². The molecule has 0 saturated heterocycles. The summed E-state index contributed by atoms with van der Waals surface area (Å²) in [5.74, 6) is 0. The lowest BCUT2D eigenvalue weighted by atomic mass is 10.1. The molecule has 0 atom stereocenters. The average molecular weight is 273 g/mol. The van der Waals surface area contributed by atoms with E-state index in [1.165, 1.54) is 12.1 Å². The minimum Gasteiger partial charge on any atom is -0.375 e. The fourth-order valence-electron chi connectivity index (χ4n) is 1.35. The third-order valence-corrected chi connectivity index (χ3v) is 2.92. The minimum absolute atomic E-state index is 0.250. The average Bonchev–Trinajstić information content (AvgIpc) is 2.13. The zero-order valence-corrected chi connectivity index (χ0v) is 11.1. The standard InChI is InChI=1S/C10H15N3O4S/c1-10(2,3)12-8-5-4-7(18(11,16)17)6-9(8)13(14)15/h4-6,12H,1-3H3,(H2,11,16,17). The summed E-state index contributed by atoms with van der Waals surface area (Å²) in [6, 6.07) is 3.52. The highest BCUT2D eigenvalue weighted by Gasteiger charge is 2.21. The van der Waals surface area contributed by atoms with Crippen molar-refractivity contribution in [2.45, 2.75) is 31.2 Å². The maximum absolute atomic E-state index is 11.1. The molecule has 0 aliphatic heterocycles. The Balaban J connectivity index is 3.35. The zero-order chi connectivity index (χ0) is 14.1. The first-order chi connectivity index (χ1) is 8.00. The number of nitrogens with zero attached hydrogens (tertiary/aromatic N) is 1. The minimum atomic E-state index is -3.95. The van der Waals surface area contributed by atoms with Crippen LogP contribution in [0.4, 0.5) is 11.4 Å². The Morgan fingerprint density at radius 3 is 2.28 bits per heavy atom. The van der Waals surface area contributed by atoms with Crippen LogP contribution in [0.25, 0.3) is 0 Å². The van der Waals surface area contributed by atoms with Gasteiger partial charge in [-0.25, -0.2) is 13.6 Å². The smallest absolute Gasteiger partial charge is 0.293 e. The van der Waals surface area contributed by atoms with Crippen LogP contribution in [0.3, 0.4) is 0 Å². The molecule has 0 heterocycles. The second kappa shape index (κ2) is 4.54. The summed E-state index contributed by atoms with van der Waals surface area (Å²) in [5, 5.41) is 18.8. The normalized spacial score (nSPS) is 12.2. The highest BCUT2D eigenvalue weighted by Crippen LogP contribution is 2.29. The SMILES string of the molecule is CC(C)(C)Nc1ccc(S(N)(=O)=O)cc1[N+](=O)[O-]. The number of hydrogen-bond acceptors (Lipinski definition) is 5. The van der Waals surface area contributed by atoms with Gasteiger partial charge in [-0.2, -0.15) is 0 Å². The molecule has 8 heteroatoms. The molecule has 0 aliphatic rings. The van der Waals surface area contributed by atoms with E-state index >= 15 is 0 Å². The second-order valence-electron chi connectivity index (χ2n) is 4.86. The summed E-state index contributed by atoms with van der Waals surface area (Å²) < 4.78 is 22.3. The van der Waals surface area contributed by atoms with Crippen molar-refractivity contribution in [2.75, 3.05) is 5.32 Å². The fraction of sp³-hybridized carbons (Fsp3) is 0.400. The lowest BCUT2D eigenvalue weighted by Gasteiger charge is -2.22. The van der Waals surface area contributed by atoms with Crippen molar-refractivity contribution in [3.8, 4) is 0 Å². The summed E-state index contributed by atoms with van der Waals surface area (Å²) >= 11 is 0. The molecule has 0 saturated carbocycles. The Hall–Kier alpha value is -1.67. The molecule has 0 aliphatic carbocycles. The molecule has 7 nitrogen and oxygen atoms in total. The van der Waals surface area contributed by atoms with Crippen LogP contribution in [0.5, 0.6) is 0 Å². The van der Waals surface area contributed by atoms with Crippen molar-refractivity contribution in [1.82, 2.24) is 0 Å². The van der Waals surface area contributed by atoms with Gasteiger partial charge in [0, 0.05) is 11.6 Å². The van der Waals surface area contributed by atoms with E-state index in [4.69, 9.17) is 5.14 Å². The molecule has 1 aromatic rings. The van der Waals surface area contributed by atoms with Crippen LogP contribution >= 0.6 is 0 Å². The first-order valence-electron chi connectivity index (χ1n) is 5.10. The quantitative estimate of drug-likeness (QED) is 0.638. The lowest BCUT2D eigenvalue weighted by Crippen LogP contribution is -2.26. The maximum atomic E-state index is 11.1. The molecule has 0 radical (unpaired) electrons. The van der Waals surface area contributed by atoms with Crippen molar-refractivity contribution >= 4 is 21.4 Å². The van der Waals surface area contributed by atoms with Gasteiger partial charge in [-0.15, -0.1) is 0 Å². The van der Waals surface area contributed by atoms with E-state index in [-0.39, 0.29) is 21.8 Å². The van der Waals surface area contributed by atoms with Gasteiger partial charge in [0.25, 0.3) is 5.69 Å². The molecule has 0 aromatic heterocycles. The number of sulfonamides is 1. The first-order valence-corrected chi connectivity index (χ1v) is 6.65. The van der Waals surface area contributed by atoms with Gasteiger partial charge in [0.1, 0.15) is 5.69 Å². The number of primary sulfonamides is 1. The van der Waals surface area contributed by atoms with Crippen molar-refractivity contribution in [1.29, 1.82) is 0 Å². The molecule has 0 unspecified atom stereocenters. The van der Waals surface area contributed by atoms with E-state index in [0.29, 0.717) is 0 Å². The largest absolute Gasteiger partial charge is 0.375 e. The van der Waals surface area contributed by atoms with Gasteiger partial charge in [0.15, 0.2) is 0 Å². The van der Waals surface area contributed by atoms with E-state index in [9.17, 15) is 18.5 Å². The van der Waals surface area contributed by atoms with Gasteiger partial charge < -0.3 is 5.32 Å². The molecule has 0 spiro atoms. The molecular weight excluding hydrogens is 258 g/mol. The van der Waals surface area contributed by atoms with Crippen molar-refractivity contribution in [3.63, 3.8) is 0 Å². The predicted octanol–water partition coefficient (Wildman–Crippen LogP) is 1.45. The molecule has 3 N–H and O–H groups in total. The number of nitrogens with two attached hydrogens (primary N) is 1. The van der Waals surface area contributed by atoms with E-state index in [1.807, 2.05) is 20.8 Å². The third kappa shape index (κ3) is 3.67. The third-order valence-electron chi connectivity index (χ3n) is 2.00. The van der Waals surface area contributed by atoms with Gasteiger partial charge in [-0.05, 0) is 32.9 Å². The number of hydrogen-bond donors (Lipinski definition) is 2. The van der Waals surface area contributed by atoms with Gasteiger partial charge in [-0.3, -0.25) is 10.1 Å². The number of rotatable bonds is 3. The highest BCUT2D eigenvalue weighted by molar-refractivity contribution is 7.89. The Morgan fingerprint density at radius 1 is 1.33 bits per heavy atom. The van der Waals surface area contributed by atoms with Crippen LogP contribution in [0.1, 0.15) is 20.8 Å². The van der Waals surface area contributed by atoms with Gasteiger partial charge in [0.05, 0.1) is 9.82 Å². The first kappa shape index (κ1) is 14.4. The summed E-state index contributed by atoms with van der Waals surface area (Å²) in [4.78, 5) is 9.98. The molecule has 100 valence electrons. The molecule has 18 heavy (non-hydrogen) atoms. The Bertz CT molecular complexity index is 575. The van der Waals surface area contributed by atoms with E-state index < -0.39 is 14.9 Å². The number of nitrogens with one attached hydrogen (secondary N) is 1. The molecule has 0 fully saturated rings. The summed E-state index contributed by atoms with van der Waals surface area (Å²) in [7, 11) is -3.95. The van der Waals surface area contributed by atoms with Gasteiger partial charge in [0.2, 0.25) is 10.0 Å². The summed E-state index contributed by atoms with van der Waals surface area (Å²) in [5.41, 5.74) is -0.454. The molecular formula is C10H15N3O4S. The van der Waals surface area contributed by atoms with Crippen LogP contribution in [-0.4, -0.2) is 18.9 Å². The summed E-state index contributed by atoms with van der Waals surface area (Å²) in [6.45, 7) is 5.51. The van der Waals surface area contributed by atoms with Gasteiger partial charge >= 0.3 is 0 Å². The van der Waals surface area contributed by atoms with Crippen molar-refractivity contribution in [3.05, 3.63) is 28.3 Å². The fourth-order valence-corrected chi connectivity index (χ4v) is 1.88. The van der Waals surface area contributed by atoms with Crippen molar-refractivity contribution < 1.29 is 13.3 Å². The summed E-state index contributed by atoms with van der Waals surface area (Å²) in [6.07, 6.45) is 0. The van der Waals surface area contributed by atoms with Crippen LogP contribution in [0, 0.1) is 10.1 Å².